The molecule has 14 nitrogen and oxygen atoms in total. The number of nitrogens with zero attached hydrogens (tertiary/aromatic N) is 5. The van der Waals surface area contributed by atoms with Crippen molar-refractivity contribution in [3.63, 3.8) is 0 Å². The summed E-state index contributed by atoms with van der Waals surface area (Å²) in [5.74, 6) is -0.482. The number of hydrogen-bond acceptors (Lipinski definition) is 10. The molecule has 45 heavy (non-hydrogen) atoms. The summed E-state index contributed by atoms with van der Waals surface area (Å²) in [6.07, 6.45) is 6.42. The van der Waals surface area contributed by atoms with E-state index in [1.165, 1.54) is 20.3 Å². The molecular weight excluding hydrogens is 606 g/mol. The van der Waals surface area contributed by atoms with Crippen LogP contribution in [0.4, 0.5) is 0 Å². The fourth-order valence-electron chi connectivity index (χ4n) is 6.14. The Hall–Kier alpha value is -4.56. The Kier molecular flexibility index (Phi) is 8.18. The first kappa shape index (κ1) is 30.5. The standard InChI is InChI=1S/C30H34ClN7O7/c1-15-14-45-8-7-37(15)22-10-20(19(31)11-33-22)34-23(39)13-36-12-18(24-29(36)35-21-5-4-6-38(21)30(24)42)16-9-17(28(32)41)25(40)27(44-3)26(16)43-2/h9-12,15,19-20,40H,4-8,13-14H2,1-3H3,(H2,32,41)(H,34,39)/t15-,19?,20?/m0/s1. The number of aromatic nitrogens is 3. The lowest BCUT2D eigenvalue weighted by Crippen LogP contribution is -2.47. The first-order valence-electron chi connectivity index (χ1n) is 14.6. The van der Waals surface area contributed by atoms with Gasteiger partial charge in [0.1, 0.15) is 23.8 Å². The van der Waals surface area contributed by atoms with Gasteiger partial charge in [0.15, 0.2) is 11.5 Å². The molecule has 0 aliphatic carbocycles. The lowest BCUT2D eigenvalue weighted by Gasteiger charge is -2.37. The highest BCUT2D eigenvalue weighted by Crippen LogP contribution is 2.47. The first-order valence-corrected chi connectivity index (χ1v) is 15.0. The number of nitrogens with two attached hydrogens (primary N) is 1. The van der Waals surface area contributed by atoms with Crippen LogP contribution >= 0.6 is 11.6 Å². The number of carbonyl (C=O) groups excluding carboxylic acids is 2. The van der Waals surface area contributed by atoms with E-state index in [0.717, 1.165) is 6.42 Å². The van der Waals surface area contributed by atoms with Gasteiger partial charge in [0.25, 0.3) is 11.5 Å². The summed E-state index contributed by atoms with van der Waals surface area (Å²) in [6.45, 7) is 4.18. The predicted molar refractivity (Wildman–Crippen MR) is 166 cm³/mol. The number of carbonyl (C=O) groups is 2. The molecule has 4 N–H and O–H groups in total. The zero-order valence-electron chi connectivity index (χ0n) is 25.1. The van der Waals surface area contributed by atoms with Crippen LogP contribution in [0.1, 0.15) is 29.5 Å². The van der Waals surface area contributed by atoms with E-state index in [0.29, 0.717) is 55.6 Å². The Labute approximate surface area is 263 Å². The van der Waals surface area contributed by atoms with Crippen molar-refractivity contribution in [3.8, 4) is 28.4 Å². The molecule has 0 spiro atoms. The zero-order valence-corrected chi connectivity index (χ0v) is 25.8. The summed E-state index contributed by atoms with van der Waals surface area (Å²) in [4.78, 5) is 51.1. The van der Waals surface area contributed by atoms with Crippen molar-refractivity contribution in [2.45, 2.75) is 50.3 Å². The minimum absolute atomic E-state index is 0.0786. The van der Waals surface area contributed by atoms with Crippen molar-refractivity contribution in [3.05, 3.63) is 45.9 Å². The Morgan fingerprint density at radius 1 is 1.22 bits per heavy atom. The second-order valence-electron chi connectivity index (χ2n) is 11.2. The van der Waals surface area contributed by atoms with Crippen LogP contribution in [0.3, 0.4) is 0 Å². The predicted octanol–water partition coefficient (Wildman–Crippen LogP) is 1.37. The van der Waals surface area contributed by atoms with E-state index < -0.39 is 23.1 Å². The number of methoxy groups -OCH3 is 2. The third-order valence-electron chi connectivity index (χ3n) is 8.34. The lowest BCUT2D eigenvalue weighted by atomic mass is 10.00. The number of halogens is 1. The molecule has 3 aliphatic rings. The molecular formula is C30H34ClN7O7. The molecule has 0 saturated carbocycles. The van der Waals surface area contributed by atoms with Gasteiger partial charge < -0.3 is 39.8 Å². The molecule has 1 saturated heterocycles. The van der Waals surface area contributed by atoms with Gasteiger partial charge in [-0.05, 0) is 25.5 Å². The molecule has 2 unspecified atom stereocenters. The third-order valence-corrected chi connectivity index (χ3v) is 8.72. The number of amides is 2. The van der Waals surface area contributed by atoms with Crippen LogP contribution in [-0.4, -0.2) is 93.6 Å². The number of fused-ring (bicyclic) bond motifs is 2. The van der Waals surface area contributed by atoms with E-state index in [9.17, 15) is 19.5 Å². The number of morpholine rings is 1. The number of phenols is 1. The van der Waals surface area contributed by atoms with Gasteiger partial charge >= 0.3 is 0 Å². The van der Waals surface area contributed by atoms with Crippen molar-refractivity contribution in [1.82, 2.24) is 24.3 Å². The van der Waals surface area contributed by atoms with Gasteiger partial charge in [-0.2, -0.15) is 0 Å². The maximum atomic E-state index is 13.9. The van der Waals surface area contributed by atoms with Gasteiger partial charge in [-0.3, -0.25) is 19.0 Å². The molecule has 0 radical (unpaired) electrons. The van der Waals surface area contributed by atoms with E-state index in [4.69, 9.17) is 36.5 Å². The zero-order chi connectivity index (χ0) is 32.0. The number of primary amides is 1. The minimum atomic E-state index is -0.904. The second-order valence-corrected chi connectivity index (χ2v) is 11.7. The Morgan fingerprint density at radius 3 is 2.71 bits per heavy atom. The van der Waals surface area contributed by atoms with E-state index >= 15 is 0 Å². The number of benzene rings is 1. The molecule has 0 bridgehead atoms. The Bertz CT molecular complexity index is 1810. The highest BCUT2D eigenvalue weighted by atomic mass is 35.5. The van der Waals surface area contributed by atoms with Gasteiger partial charge in [0.2, 0.25) is 11.7 Å². The van der Waals surface area contributed by atoms with Crippen molar-refractivity contribution in [2.75, 3.05) is 34.0 Å². The maximum absolute atomic E-state index is 13.9. The summed E-state index contributed by atoms with van der Waals surface area (Å²) in [7, 11) is 2.68. The number of hydrogen-bond donors (Lipinski definition) is 3. The van der Waals surface area contributed by atoms with E-state index in [1.807, 2.05) is 13.0 Å². The van der Waals surface area contributed by atoms with Crippen LogP contribution in [0.15, 0.2) is 33.9 Å². The monoisotopic (exact) mass is 639 g/mol. The first-order chi connectivity index (χ1) is 21.6. The van der Waals surface area contributed by atoms with Crippen molar-refractivity contribution in [2.24, 2.45) is 10.7 Å². The van der Waals surface area contributed by atoms with Crippen LogP contribution in [-0.2, 0) is 29.0 Å². The number of aromatic hydroxyl groups is 1. The highest BCUT2D eigenvalue weighted by Gasteiger charge is 2.30. The highest BCUT2D eigenvalue weighted by molar-refractivity contribution is 6.29. The molecule has 1 fully saturated rings. The van der Waals surface area contributed by atoms with Crippen molar-refractivity contribution in [1.29, 1.82) is 0 Å². The summed E-state index contributed by atoms with van der Waals surface area (Å²) in [5.41, 5.74) is 5.93. The average Bonchev–Trinajstić information content (AvgIpc) is 3.63. The average molecular weight is 640 g/mol. The molecule has 6 rings (SSSR count). The minimum Gasteiger partial charge on any atom is -0.504 e. The molecule has 5 heterocycles. The smallest absolute Gasteiger partial charge is 0.263 e. The number of aryl methyl sites for hydroxylation is 1. The number of alkyl halides is 1. The number of ether oxygens (including phenoxy) is 3. The fourth-order valence-corrected chi connectivity index (χ4v) is 6.34. The molecule has 3 aromatic rings. The van der Waals surface area contributed by atoms with Crippen LogP contribution in [0.5, 0.6) is 17.2 Å². The normalized spacial score (nSPS) is 21.0. The maximum Gasteiger partial charge on any atom is 0.263 e. The SMILES string of the molecule is COc1c(-c2cn(CC(=O)NC3C=C(N4CCOC[C@@H]4C)N=CC3Cl)c3nc4n(c(=O)c23)CCC4)cc(C(N)=O)c(O)c1OC. The Morgan fingerprint density at radius 2 is 2.00 bits per heavy atom. The molecule has 238 valence electrons. The van der Waals surface area contributed by atoms with Crippen LogP contribution < -0.4 is 26.1 Å². The summed E-state index contributed by atoms with van der Waals surface area (Å²) >= 11 is 6.55. The molecule has 1 aromatic carbocycles. The number of nitrogens with one attached hydrogen (secondary N) is 1. The summed E-state index contributed by atoms with van der Waals surface area (Å²) < 4.78 is 19.7. The van der Waals surface area contributed by atoms with Crippen molar-refractivity contribution >= 4 is 40.7 Å². The Balaban J connectivity index is 1.41. The topological polar surface area (TPSA) is 176 Å². The molecule has 2 aromatic heterocycles. The van der Waals surface area contributed by atoms with Crippen molar-refractivity contribution < 1.29 is 28.9 Å². The van der Waals surface area contributed by atoms with Crippen LogP contribution in [0.25, 0.3) is 22.2 Å². The largest absolute Gasteiger partial charge is 0.504 e. The van der Waals surface area contributed by atoms with Crippen LogP contribution in [0.2, 0.25) is 0 Å². The molecule has 3 aliphatic heterocycles. The van der Waals surface area contributed by atoms with Crippen LogP contribution in [0, 0.1) is 0 Å². The molecule has 2 amide bonds. The second kappa shape index (κ2) is 12.1. The molecule has 15 heteroatoms. The lowest BCUT2D eigenvalue weighted by molar-refractivity contribution is -0.122. The molecule has 3 atom stereocenters. The van der Waals surface area contributed by atoms with E-state index in [2.05, 4.69) is 15.2 Å². The van der Waals surface area contributed by atoms with Gasteiger partial charge in [0, 0.05) is 43.0 Å². The van der Waals surface area contributed by atoms with E-state index in [-0.39, 0.29) is 52.1 Å². The third kappa shape index (κ3) is 5.37. The van der Waals surface area contributed by atoms with Gasteiger partial charge in [-0.15, -0.1) is 11.6 Å². The van der Waals surface area contributed by atoms with Gasteiger partial charge in [-0.1, -0.05) is 0 Å². The summed E-state index contributed by atoms with van der Waals surface area (Å²) in [5, 5.41) is 13.3. The number of rotatable bonds is 8. The summed E-state index contributed by atoms with van der Waals surface area (Å²) in [6, 6.07) is 0.923. The fraction of sp³-hybridized carbons (Fsp3) is 0.433. The van der Waals surface area contributed by atoms with E-state index in [1.54, 1.807) is 21.5 Å². The van der Waals surface area contributed by atoms with Gasteiger partial charge in [0.05, 0.1) is 55.8 Å². The number of aliphatic imine (C=N–C) groups is 1. The van der Waals surface area contributed by atoms with Gasteiger partial charge in [-0.25, -0.2) is 9.98 Å². The quantitative estimate of drug-likeness (QED) is 0.307.